The zero-order valence-corrected chi connectivity index (χ0v) is 17.0. The number of benzene rings is 2. The van der Waals surface area contributed by atoms with E-state index in [-0.39, 0.29) is 10.6 Å². The van der Waals surface area contributed by atoms with E-state index in [4.69, 9.17) is 0 Å². The van der Waals surface area contributed by atoms with Crippen LogP contribution in [0.1, 0.15) is 6.92 Å². The Balaban J connectivity index is 1.49. The monoisotopic (exact) mass is 420 g/mol. The van der Waals surface area contributed by atoms with Crippen molar-refractivity contribution in [2.75, 3.05) is 16.4 Å². The molecule has 0 saturated carbocycles. The lowest BCUT2D eigenvalue weighted by Gasteiger charge is -2.10. The van der Waals surface area contributed by atoms with Gasteiger partial charge in [0.15, 0.2) is 9.84 Å². The van der Waals surface area contributed by atoms with Gasteiger partial charge in [-0.25, -0.2) is 23.1 Å². The number of hydrogen-bond donors (Lipinski definition) is 2. The lowest BCUT2D eigenvalue weighted by molar-refractivity contribution is 0.597. The van der Waals surface area contributed by atoms with Crippen molar-refractivity contribution in [1.82, 2.24) is 19.7 Å². The number of aromatic nitrogens is 4. The van der Waals surface area contributed by atoms with Gasteiger partial charge in [0.05, 0.1) is 16.3 Å². The molecule has 2 aromatic carbocycles. The Kier molecular flexibility index (Phi) is 5.44. The zero-order valence-electron chi connectivity index (χ0n) is 16.2. The van der Waals surface area contributed by atoms with Crippen LogP contribution < -0.4 is 10.6 Å². The Hall–Kier alpha value is -3.72. The highest BCUT2D eigenvalue weighted by molar-refractivity contribution is 7.91. The normalized spacial score (nSPS) is 11.2. The molecule has 152 valence electrons. The van der Waals surface area contributed by atoms with Gasteiger partial charge in [0.2, 0.25) is 0 Å². The van der Waals surface area contributed by atoms with E-state index >= 15 is 0 Å². The molecule has 0 spiro atoms. The molecule has 2 N–H and O–H groups in total. The molecule has 0 aliphatic rings. The Morgan fingerprint density at radius 3 is 2.30 bits per heavy atom. The molecule has 0 radical (unpaired) electrons. The molecule has 9 heteroatoms. The first-order chi connectivity index (χ1) is 14.5. The highest BCUT2D eigenvalue weighted by Gasteiger charge is 2.12. The van der Waals surface area contributed by atoms with Gasteiger partial charge in [0, 0.05) is 29.8 Å². The molecule has 0 amide bonds. The largest absolute Gasteiger partial charge is 0.340 e. The second-order valence-corrected chi connectivity index (χ2v) is 8.75. The van der Waals surface area contributed by atoms with E-state index in [1.165, 1.54) is 6.33 Å². The fourth-order valence-corrected chi connectivity index (χ4v) is 3.77. The molecule has 4 aromatic rings. The Morgan fingerprint density at radius 2 is 1.63 bits per heavy atom. The summed E-state index contributed by atoms with van der Waals surface area (Å²) < 4.78 is 26.0. The molecule has 4 rings (SSSR count). The number of hydrogen-bond acceptors (Lipinski definition) is 7. The Bertz CT molecular complexity index is 1240. The predicted octanol–water partition coefficient (Wildman–Crippen LogP) is 3.94. The third-order valence-corrected chi connectivity index (χ3v) is 6.15. The fourth-order valence-electron chi connectivity index (χ4n) is 2.84. The average Bonchev–Trinajstić information content (AvgIpc) is 3.30. The van der Waals surface area contributed by atoms with Crippen LogP contribution in [0.15, 0.2) is 84.3 Å². The summed E-state index contributed by atoms with van der Waals surface area (Å²) >= 11 is 0. The molecule has 0 saturated heterocycles. The van der Waals surface area contributed by atoms with Gasteiger partial charge in [0.1, 0.15) is 18.0 Å². The summed E-state index contributed by atoms with van der Waals surface area (Å²) in [6.07, 6.45) is 5.05. The van der Waals surface area contributed by atoms with Gasteiger partial charge in [-0.05, 0) is 48.5 Å². The number of rotatable bonds is 7. The molecule has 0 aliphatic carbocycles. The van der Waals surface area contributed by atoms with Crippen LogP contribution in [-0.2, 0) is 9.84 Å². The van der Waals surface area contributed by atoms with Crippen LogP contribution >= 0.6 is 0 Å². The topological polar surface area (TPSA) is 102 Å². The van der Waals surface area contributed by atoms with Gasteiger partial charge >= 0.3 is 0 Å². The number of nitrogens with one attached hydrogen (secondary N) is 2. The quantitative estimate of drug-likeness (QED) is 0.467. The summed E-state index contributed by atoms with van der Waals surface area (Å²) in [5.74, 6) is 1.21. The van der Waals surface area contributed by atoms with E-state index in [1.807, 2.05) is 36.5 Å². The molecule has 2 aromatic heterocycles. The highest BCUT2D eigenvalue weighted by Crippen LogP contribution is 2.22. The molecule has 8 nitrogen and oxygen atoms in total. The summed E-state index contributed by atoms with van der Waals surface area (Å²) in [6.45, 7) is 1.62. The third kappa shape index (κ3) is 4.47. The van der Waals surface area contributed by atoms with Crippen LogP contribution in [0.2, 0.25) is 0 Å². The highest BCUT2D eigenvalue weighted by atomic mass is 32.2. The van der Waals surface area contributed by atoms with Crippen molar-refractivity contribution in [3.63, 3.8) is 0 Å². The van der Waals surface area contributed by atoms with Crippen molar-refractivity contribution in [1.29, 1.82) is 0 Å². The van der Waals surface area contributed by atoms with Crippen molar-refractivity contribution in [2.24, 2.45) is 0 Å². The van der Waals surface area contributed by atoms with E-state index < -0.39 is 9.84 Å². The van der Waals surface area contributed by atoms with Crippen LogP contribution in [0.3, 0.4) is 0 Å². The minimum absolute atomic E-state index is 0.0528. The molecular weight excluding hydrogens is 400 g/mol. The van der Waals surface area contributed by atoms with Crippen molar-refractivity contribution in [3.05, 3.63) is 79.4 Å². The van der Waals surface area contributed by atoms with E-state index in [0.717, 1.165) is 11.4 Å². The molecule has 30 heavy (non-hydrogen) atoms. The lowest BCUT2D eigenvalue weighted by atomic mass is 10.3. The van der Waals surface area contributed by atoms with Crippen molar-refractivity contribution in [2.45, 2.75) is 11.8 Å². The summed E-state index contributed by atoms with van der Waals surface area (Å²) in [5.41, 5.74) is 2.46. The summed E-state index contributed by atoms with van der Waals surface area (Å²) in [5, 5.41) is 10.6. The molecular formula is C21H20N6O2S. The van der Waals surface area contributed by atoms with E-state index in [2.05, 4.69) is 25.7 Å². The number of sulfone groups is 1. The van der Waals surface area contributed by atoms with Gasteiger partial charge < -0.3 is 10.6 Å². The average molecular weight is 420 g/mol. The smallest absolute Gasteiger partial charge is 0.178 e. The molecule has 0 bridgehead atoms. The molecule has 0 atom stereocenters. The first-order valence-corrected chi connectivity index (χ1v) is 11.0. The molecule has 0 aliphatic heterocycles. The zero-order chi connectivity index (χ0) is 21.0. The van der Waals surface area contributed by atoms with Gasteiger partial charge in [-0.1, -0.05) is 13.0 Å². The van der Waals surface area contributed by atoms with Gasteiger partial charge in [0.25, 0.3) is 0 Å². The molecule has 2 heterocycles. The summed E-state index contributed by atoms with van der Waals surface area (Å²) in [7, 11) is -3.27. The fraction of sp³-hybridized carbons (Fsp3) is 0.0952. The van der Waals surface area contributed by atoms with Crippen LogP contribution in [0.25, 0.3) is 5.69 Å². The second-order valence-electron chi connectivity index (χ2n) is 6.47. The Morgan fingerprint density at radius 1 is 0.900 bits per heavy atom. The minimum Gasteiger partial charge on any atom is -0.340 e. The lowest BCUT2D eigenvalue weighted by Crippen LogP contribution is -2.04. The van der Waals surface area contributed by atoms with Crippen molar-refractivity contribution < 1.29 is 8.42 Å². The maximum atomic E-state index is 12.1. The SMILES string of the molecule is CCS(=O)(=O)c1cccc(Nc2cc(Nc3ccc(-n4cccn4)cc3)ncn2)c1. The van der Waals surface area contributed by atoms with Gasteiger partial charge in [-0.15, -0.1) is 0 Å². The van der Waals surface area contributed by atoms with E-state index in [9.17, 15) is 8.42 Å². The van der Waals surface area contributed by atoms with E-state index in [0.29, 0.717) is 17.3 Å². The molecule has 0 unspecified atom stereocenters. The predicted molar refractivity (Wildman–Crippen MR) is 116 cm³/mol. The maximum absolute atomic E-state index is 12.1. The number of anilines is 4. The van der Waals surface area contributed by atoms with Crippen molar-refractivity contribution >= 4 is 32.8 Å². The third-order valence-electron chi connectivity index (χ3n) is 4.42. The summed E-state index contributed by atoms with van der Waals surface area (Å²) in [4.78, 5) is 8.73. The van der Waals surface area contributed by atoms with E-state index in [1.54, 1.807) is 48.1 Å². The van der Waals surface area contributed by atoms with Gasteiger partial charge in [-0.2, -0.15) is 5.10 Å². The number of nitrogens with zero attached hydrogens (tertiary/aromatic N) is 4. The summed E-state index contributed by atoms with van der Waals surface area (Å²) in [6, 6.07) is 18.1. The van der Waals surface area contributed by atoms with Crippen molar-refractivity contribution in [3.8, 4) is 5.69 Å². The first-order valence-electron chi connectivity index (χ1n) is 9.32. The van der Waals surface area contributed by atoms with Crippen LogP contribution in [0.5, 0.6) is 0 Å². The first kappa shape index (κ1) is 19.6. The van der Waals surface area contributed by atoms with Crippen LogP contribution in [0.4, 0.5) is 23.0 Å². The Labute approximate surface area is 174 Å². The minimum atomic E-state index is -3.27. The van der Waals surface area contributed by atoms with Crippen LogP contribution in [-0.4, -0.2) is 33.9 Å². The van der Waals surface area contributed by atoms with Gasteiger partial charge in [-0.3, -0.25) is 0 Å². The standard InChI is InChI=1S/C21H20N6O2S/c1-2-30(28,29)19-6-3-5-17(13-19)26-21-14-20(22-15-23-21)25-16-7-9-18(10-8-16)27-12-4-11-24-27/h3-15H,2H2,1H3,(H2,22,23,25,26). The molecule has 0 fully saturated rings. The second kappa shape index (κ2) is 8.34. The van der Waals surface area contributed by atoms with Crippen LogP contribution in [0, 0.1) is 0 Å². The maximum Gasteiger partial charge on any atom is 0.178 e.